The number of carboxylic acids is 1. The van der Waals surface area contributed by atoms with E-state index >= 15 is 0 Å². The molecule has 5 unspecified atom stereocenters. The molecule has 0 aromatic rings. The Morgan fingerprint density at radius 2 is 0.684 bits per heavy atom. The Morgan fingerprint density at radius 1 is 0.346 bits per heavy atom. The molecule has 0 radical (unpaired) electrons. The second-order valence-corrected chi connectivity index (χ2v) is 41.4. The molecule has 0 spiro atoms. The standard InChI is InChI=1S/C89H152N22O25/c1-45(2)41-50(44-112)94-63(120)51(33-36-57(90)114)95-64(121)52(35-38-60(117)118)96-73(130)83(15,16)108-77(134)87(23,24)106-69(126)61(47(5)6)99-67(124)55-31-29-39-110(55)79(136)89(27,28)109-75(132)85(19,20)101-59(116)43-92-70(127)80(9,10)104-66(123)54(42-46(3)4)98-72(129)82(13,14)103-65(122)53(34-37-58(91)115)97-74(131)84(17,18)107-76(133)86(21,22)102-62(119)48(7)93-71(128)81(11,12)105-68(125)56-32-30-40-111(56)78(135)88(25,26)100-49(8)113/h45-48,50-56,61,112H,29-44H2,1-28H3,(H2,90,114)(H2,91,115)(H,92,127)(H,93,128)(H,94,120)(H,95,121)(H,96,130)(H,97,131)(H,98,129)(H,99,124)(H,100,113)(H,101,116)(H,102,119)(H,103,122)(H,104,123)(H,105,125)(H,106,126)(H,107,133)(H,108,134)(H,109,132)(H,117,118)/t48?,50-,51-,52-,53?,54?,55-,56?,61?/m0/s1. The van der Waals surface area contributed by atoms with E-state index < -0.39 is 290 Å². The number of nitrogens with one attached hydrogen (secondary N) is 18. The van der Waals surface area contributed by atoms with Crippen LogP contribution < -0.4 is 107 Å². The first kappa shape index (κ1) is 120. The summed E-state index contributed by atoms with van der Waals surface area (Å²) >= 11 is 0. The normalized spacial score (nSPS) is 16.1. The lowest BCUT2D eigenvalue weighted by Crippen LogP contribution is -2.67. The summed E-state index contributed by atoms with van der Waals surface area (Å²) in [6.07, 6.45) is -1.30. The zero-order valence-electron chi connectivity index (χ0n) is 84.1. The van der Waals surface area contributed by atoms with Crippen molar-refractivity contribution in [2.75, 3.05) is 26.2 Å². The van der Waals surface area contributed by atoms with Crippen molar-refractivity contribution >= 4 is 136 Å². The first-order chi connectivity index (χ1) is 61.8. The fourth-order valence-corrected chi connectivity index (χ4v) is 14.3. The number of amides is 22. The number of hydrogen-bond donors (Lipinski definition) is 22. The molecular formula is C89H152N22O25. The number of rotatable bonds is 52. The molecule has 2 aliphatic heterocycles. The van der Waals surface area contributed by atoms with Crippen LogP contribution in [0, 0.1) is 17.8 Å². The second kappa shape index (κ2) is 49.0. The number of aliphatic hydroxyl groups excluding tert-OH is 1. The van der Waals surface area contributed by atoms with Gasteiger partial charge in [0.05, 0.1) is 19.2 Å². The molecule has 2 rings (SSSR count). The number of nitrogens with two attached hydrogens (primary N) is 2. The highest BCUT2D eigenvalue weighted by Gasteiger charge is 2.50. The van der Waals surface area contributed by atoms with Crippen molar-refractivity contribution in [3.05, 3.63) is 0 Å². The maximum Gasteiger partial charge on any atom is 0.303 e. The zero-order valence-corrected chi connectivity index (χ0v) is 84.1. The Balaban J connectivity index is 2.16. The Bertz CT molecular complexity index is 4470. The van der Waals surface area contributed by atoms with Gasteiger partial charge in [0, 0.05) is 39.3 Å². The van der Waals surface area contributed by atoms with Gasteiger partial charge in [-0.25, -0.2) is 0 Å². The molecule has 0 aromatic carbocycles. The van der Waals surface area contributed by atoms with Gasteiger partial charge in [-0.2, -0.15) is 0 Å². The number of carboxylic acid groups (broad SMARTS) is 1. The smallest absolute Gasteiger partial charge is 0.303 e. The van der Waals surface area contributed by atoms with E-state index in [0.29, 0.717) is 19.3 Å². The van der Waals surface area contributed by atoms with Gasteiger partial charge in [-0.05, 0) is 221 Å². The third-order valence-electron chi connectivity index (χ3n) is 22.6. The lowest BCUT2D eigenvalue weighted by Gasteiger charge is -2.36. The summed E-state index contributed by atoms with van der Waals surface area (Å²) in [5.41, 5.74) is -7.01. The van der Waals surface area contributed by atoms with Crippen molar-refractivity contribution < 1.29 is 120 Å². The van der Waals surface area contributed by atoms with E-state index in [0.717, 1.165) is 0 Å². The van der Waals surface area contributed by atoms with Crippen molar-refractivity contribution in [3.8, 4) is 0 Å². The Labute approximate surface area is 794 Å². The number of carbonyl (C=O) groups excluding carboxylic acids is 22. The van der Waals surface area contributed by atoms with Crippen LogP contribution in [0.25, 0.3) is 0 Å². The lowest BCUT2D eigenvalue weighted by atomic mass is 9.96. The van der Waals surface area contributed by atoms with Gasteiger partial charge in [-0.3, -0.25) is 110 Å². The van der Waals surface area contributed by atoms with Crippen LogP contribution in [-0.4, -0.2) is 292 Å². The van der Waals surface area contributed by atoms with Crippen LogP contribution in [-0.2, 0) is 110 Å². The second-order valence-electron chi connectivity index (χ2n) is 41.4. The van der Waals surface area contributed by atoms with E-state index in [1.54, 1.807) is 27.7 Å². The highest BCUT2D eigenvalue weighted by atomic mass is 16.4. The Morgan fingerprint density at radius 3 is 1.10 bits per heavy atom. The zero-order chi connectivity index (χ0) is 105. The fourth-order valence-electron chi connectivity index (χ4n) is 14.3. The molecule has 2 saturated heterocycles. The monoisotopic (exact) mass is 1930 g/mol. The minimum absolute atomic E-state index is 0.0197. The summed E-state index contributed by atoms with van der Waals surface area (Å²) in [4.78, 5) is 315. The Kier molecular flexibility index (Phi) is 43.2. The number of aliphatic carboxylic acids is 1. The predicted octanol–water partition coefficient (Wildman–Crippen LogP) is -4.40. The summed E-state index contributed by atoms with van der Waals surface area (Å²) in [6.45, 7) is 38.2. The van der Waals surface area contributed by atoms with E-state index in [9.17, 15) is 120 Å². The van der Waals surface area contributed by atoms with E-state index in [1.807, 2.05) is 13.8 Å². The van der Waals surface area contributed by atoms with E-state index in [-0.39, 0.29) is 57.0 Å². The minimum atomic E-state index is -1.92. The number of hydrogen-bond acceptors (Lipinski definition) is 24. The molecule has 0 saturated carbocycles. The third kappa shape index (κ3) is 36.8. The van der Waals surface area contributed by atoms with Crippen LogP contribution in [0.4, 0.5) is 0 Å². The average Bonchev–Trinajstić information content (AvgIpc) is 1.63. The van der Waals surface area contributed by atoms with Crippen LogP contribution in [0.5, 0.6) is 0 Å². The number of primary amides is 2. The maximum absolute atomic E-state index is 14.5. The molecule has 0 aromatic heterocycles. The summed E-state index contributed by atoms with van der Waals surface area (Å²) in [7, 11) is 0. The molecule has 136 heavy (non-hydrogen) atoms. The summed E-state index contributed by atoms with van der Waals surface area (Å²) in [6, 6.07) is -11.7. The Hall–Kier alpha value is -12.2. The van der Waals surface area contributed by atoms with Crippen LogP contribution in [0.3, 0.4) is 0 Å². The van der Waals surface area contributed by atoms with Crippen LogP contribution >= 0.6 is 0 Å². The van der Waals surface area contributed by atoms with E-state index in [4.69, 9.17) is 11.5 Å². The SMILES string of the molecule is CC(=O)NC(C)(C)C(=O)N1CCCC1C(=O)NC(C)(C)C(=O)NC(C)C(=O)NC(C)(C)C(=O)NC(C)(C)C(=O)NC(CCC(N)=O)C(=O)NC(C)(C)C(=O)NC(CC(C)C)C(=O)NC(C)(C)C(=O)NCC(=O)NC(C)(C)C(=O)NC(C)(C)C(=O)N1CCC[C@H]1C(=O)NC(C(=O)NC(C)(C)C(=O)NC(C)(C)C(=O)N[C@@H](CCC(=O)O)C(=O)N[C@@H](CCC(N)=O)C(=O)N[C@H](CO)CC(C)C)C(C)C. The molecule has 2 fully saturated rings. The van der Waals surface area contributed by atoms with Gasteiger partial charge in [0.15, 0.2) is 0 Å². The minimum Gasteiger partial charge on any atom is -0.481 e. The number of nitrogens with zero attached hydrogens (tertiary/aromatic N) is 2. The molecule has 2 aliphatic rings. The van der Waals surface area contributed by atoms with Crippen LogP contribution in [0.15, 0.2) is 0 Å². The fraction of sp³-hybridized carbons (Fsp3) is 0.742. The molecule has 2 heterocycles. The highest BCUT2D eigenvalue weighted by molar-refractivity contribution is 6.05. The number of carbonyl (C=O) groups is 23. The van der Waals surface area contributed by atoms with Gasteiger partial charge >= 0.3 is 5.97 Å². The molecule has 0 aliphatic carbocycles. The predicted molar refractivity (Wildman–Crippen MR) is 494 cm³/mol. The van der Waals surface area contributed by atoms with Crippen molar-refractivity contribution in [1.82, 2.24) is 106 Å². The van der Waals surface area contributed by atoms with Gasteiger partial charge < -0.3 is 127 Å². The number of aliphatic hydroxyl groups is 1. The van der Waals surface area contributed by atoms with Gasteiger partial charge in [-0.15, -0.1) is 0 Å². The van der Waals surface area contributed by atoms with Gasteiger partial charge in [0.25, 0.3) is 0 Å². The first-order valence-electron chi connectivity index (χ1n) is 45.5. The number of likely N-dealkylation sites (tertiary alicyclic amines) is 2. The molecule has 47 heteroatoms. The molecule has 22 amide bonds. The molecule has 47 nitrogen and oxygen atoms in total. The van der Waals surface area contributed by atoms with E-state index in [1.165, 1.54) is 162 Å². The van der Waals surface area contributed by atoms with Crippen LogP contribution in [0.2, 0.25) is 0 Å². The first-order valence-corrected chi connectivity index (χ1v) is 45.5. The average molecular weight is 1930 g/mol. The van der Waals surface area contributed by atoms with Crippen molar-refractivity contribution in [1.29, 1.82) is 0 Å². The molecular weight excluding hydrogens is 1780 g/mol. The van der Waals surface area contributed by atoms with Crippen LogP contribution in [0.1, 0.15) is 271 Å². The van der Waals surface area contributed by atoms with Crippen molar-refractivity contribution in [2.45, 2.75) is 381 Å². The molecule has 0 bridgehead atoms. The van der Waals surface area contributed by atoms with Gasteiger partial charge in [-0.1, -0.05) is 41.5 Å². The summed E-state index contributed by atoms with van der Waals surface area (Å²) in [5, 5.41) is 65.1. The summed E-state index contributed by atoms with van der Waals surface area (Å²) in [5.74, 6) is -21.0. The third-order valence-corrected chi connectivity index (χ3v) is 22.6. The molecule has 768 valence electrons. The van der Waals surface area contributed by atoms with Gasteiger partial charge in [0.1, 0.15) is 104 Å². The summed E-state index contributed by atoms with van der Waals surface area (Å²) < 4.78 is 0. The topological polar surface area (TPSA) is 708 Å². The quantitative estimate of drug-likeness (QED) is 0.0273. The van der Waals surface area contributed by atoms with Crippen molar-refractivity contribution in [3.63, 3.8) is 0 Å². The van der Waals surface area contributed by atoms with Gasteiger partial charge in [0.2, 0.25) is 130 Å². The van der Waals surface area contributed by atoms with E-state index in [2.05, 4.69) is 95.7 Å². The highest BCUT2D eigenvalue weighted by Crippen LogP contribution is 2.27. The molecule has 9 atom stereocenters. The molecule has 24 N–H and O–H groups in total. The lowest BCUT2D eigenvalue weighted by molar-refractivity contribution is -0.146. The maximum atomic E-state index is 14.5. The largest absolute Gasteiger partial charge is 0.481 e. The van der Waals surface area contributed by atoms with Crippen molar-refractivity contribution in [2.24, 2.45) is 29.2 Å².